The maximum atomic E-state index is 12.8. The van der Waals surface area contributed by atoms with Gasteiger partial charge < -0.3 is 10.4 Å². The molecule has 2 N–H and O–H groups in total. The average Bonchev–Trinajstić information content (AvgIpc) is 2.40. The second-order valence-electron chi connectivity index (χ2n) is 3.75. The van der Waals surface area contributed by atoms with E-state index in [2.05, 4.69) is 10.3 Å². The molecule has 0 bridgehead atoms. The minimum absolute atomic E-state index is 0.198. The molecule has 0 aliphatic carbocycles. The molecule has 1 heterocycles. The molecule has 0 atom stereocenters. The molecule has 0 fully saturated rings. The maximum Gasteiger partial charge on any atom is 0.244 e. The maximum absolute atomic E-state index is 12.8. The van der Waals surface area contributed by atoms with Crippen LogP contribution in [0.5, 0.6) is 0 Å². The van der Waals surface area contributed by atoms with Crippen LogP contribution in [0.15, 0.2) is 24.5 Å². The van der Waals surface area contributed by atoms with Crippen LogP contribution in [0.1, 0.15) is 12.0 Å². The molecular formula is C13H17FN2O2S. The predicted molar refractivity (Wildman–Crippen MR) is 75.3 cm³/mol. The van der Waals surface area contributed by atoms with Gasteiger partial charge in [0, 0.05) is 31.2 Å². The van der Waals surface area contributed by atoms with Crippen molar-refractivity contribution >= 4 is 23.7 Å². The highest BCUT2D eigenvalue weighted by Crippen LogP contribution is 2.03. The molecule has 0 aromatic carbocycles. The van der Waals surface area contributed by atoms with Crippen molar-refractivity contribution in [3.05, 3.63) is 35.9 Å². The van der Waals surface area contributed by atoms with Gasteiger partial charge in [-0.05, 0) is 29.9 Å². The number of aliphatic hydroxyl groups is 1. The first-order valence-electron chi connectivity index (χ1n) is 5.97. The Morgan fingerprint density at radius 3 is 3.05 bits per heavy atom. The van der Waals surface area contributed by atoms with Crippen molar-refractivity contribution in [1.29, 1.82) is 0 Å². The lowest BCUT2D eigenvalue weighted by atomic mass is 10.2. The average molecular weight is 284 g/mol. The number of hydrogen-bond donors (Lipinski definition) is 2. The monoisotopic (exact) mass is 284 g/mol. The number of aromatic nitrogens is 1. The Morgan fingerprint density at radius 2 is 2.32 bits per heavy atom. The molecule has 1 amide bonds. The van der Waals surface area contributed by atoms with Gasteiger partial charge in [0.15, 0.2) is 0 Å². The zero-order valence-corrected chi connectivity index (χ0v) is 11.3. The Bertz CT molecular complexity index is 427. The van der Waals surface area contributed by atoms with Gasteiger partial charge in [0.05, 0.1) is 6.20 Å². The molecule has 0 saturated heterocycles. The summed E-state index contributed by atoms with van der Waals surface area (Å²) in [5.74, 6) is 1.05. The molecule has 0 aliphatic rings. The molecule has 0 radical (unpaired) electrons. The topological polar surface area (TPSA) is 62.2 Å². The highest BCUT2D eigenvalue weighted by Gasteiger charge is 1.96. The zero-order valence-electron chi connectivity index (χ0n) is 10.5. The van der Waals surface area contributed by atoms with Gasteiger partial charge in [-0.2, -0.15) is 11.8 Å². The molecule has 4 nitrogen and oxygen atoms in total. The fraction of sp³-hybridized carbons (Fsp3) is 0.385. The van der Waals surface area contributed by atoms with Crippen molar-refractivity contribution in [2.24, 2.45) is 0 Å². The van der Waals surface area contributed by atoms with Gasteiger partial charge in [0.1, 0.15) is 5.82 Å². The van der Waals surface area contributed by atoms with Crippen molar-refractivity contribution in [1.82, 2.24) is 10.3 Å². The van der Waals surface area contributed by atoms with Gasteiger partial charge in [-0.1, -0.05) is 0 Å². The van der Waals surface area contributed by atoms with E-state index in [4.69, 9.17) is 5.11 Å². The third-order valence-corrected chi connectivity index (χ3v) is 3.22. The minimum Gasteiger partial charge on any atom is -0.396 e. The van der Waals surface area contributed by atoms with Crippen LogP contribution >= 0.6 is 11.8 Å². The second kappa shape index (κ2) is 9.52. The number of pyridine rings is 1. The summed E-state index contributed by atoms with van der Waals surface area (Å²) >= 11 is 1.68. The summed E-state index contributed by atoms with van der Waals surface area (Å²) in [6, 6.07) is 1.31. The Kier molecular flexibility index (Phi) is 7.84. The molecule has 6 heteroatoms. The van der Waals surface area contributed by atoms with Crippen molar-refractivity contribution in [2.75, 3.05) is 24.7 Å². The number of nitrogens with one attached hydrogen (secondary N) is 1. The van der Waals surface area contributed by atoms with Crippen LogP contribution in [-0.2, 0) is 4.79 Å². The summed E-state index contributed by atoms with van der Waals surface area (Å²) in [5, 5.41) is 11.3. The number of carbonyl (C=O) groups excluding carboxylic acids is 1. The first-order chi connectivity index (χ1) is 9.22. The van der Waals surface area contributed by atoms with E-state index in [1.54, 1.807) is 11.8 Å². The van der Waals surface area contributed by atoms with E-state index in [-0.39, 0.29) is 12.5 Å². The molecule has 1 rings (SSSR count). The standard InChI is InChI=1S/C13H17FN2O2S/c14-12-8-11(9-15-10-12)2-3-13(18)16-4-7-19-6-1-5-17/h2-3,8-10,17H,1,4-7H2,(H,16,18)/b3-2+. The number of halogens is 1. The largest absolute Gasteiger partial charge is 0.396 e. The number of amides is 1. The van der Waals surface area contributed by atoms with E-state index in [0.29, 0.717) is 12.1 Å². The van der Waals surface area contributed by atoms with Gasteiger partial charge >= 0.3 is 0 Å². The summed E-state index contributed by atoms with van der Waals surface area (Å²) < 4.78 is 12.8. The van der Waals surface area contributed by atoms with Crippen LogP contribution in [0, 0.1) is 5.82 Å². The molecule has 104 valence electrons. The van der Waals surface area contributed by atoms with E-state index < -0.39 is 5.82 Å². The molecular weight excluding hydrogens is 267 g/mol. The molecule has 19 heavy (non-hydrogen) atoms. The van der Waals surface area contributed by atoms with E-state index in [1.165, 1.54) is 24.4 Å². The number of carbonyl (C=O) groups is 1. The van der Waals surface area contributed by atoms with Gasteiger partial charge in [0.25, 0.3) is 0 Å². The predicted octanol–water partition coefficient (Wildman–Crippen LogP) is 1.47. The van der Waals surface area contributed by atoms with Gasteiger partial charge in [-0.15, -0.1) is 0 Å². The Balaban J connectivity index is 2.20. The lowest BCUT2D eigenvalue weighted by Gasteiger charge is -2.01. The van der Waals surface area contributed by atoms with Crippen molar-refractivity contribution in [3.63, 3.8) is 0 Å². The fourth-order valence-corrected chi connectivity index (χ4v) is 2.05. The van der Waals surface area contributed by atoms with Crippen LogP contribution < -0.4 is 5.32 Å². The Hall–Kier alpha value is -1.40. The lowest BCUT2D eigenvalue weighted by molar-refractivity contribution is -0.116. The van der Waals surface area contributed by atoms with E-state index in [1.807, 2.05) is 0 Å². The normalized spacial score (nSPS) is 10.8. The first kappa shape index (κ1) is 15.7. The van der Waals surface area contributed by atoms with Gasteiger partial charge in [-0.25, -0.2) is 4.39 Å². The minimum atomic E-state index is -0.428. The van der Waals surface area contributed by atoms with Crippen LogP contribution in [0.25, 0.3) is 6.08 Å². The highest BCUT2D eigenvalue weighted by molar-refractivity contribution is 7.99. The van der Waals surface area contributed by atoms with Crippen molar-refractivity contribution in [2.45, 2.75) is 6.42 Å². The molecule has 0 spiro atoms. The van der Waals surface area contributed by atoms with E-state index >= 15 is 0 Å². The van der Waals surface area contributed by atoms with Gasteiger partial charge in [0.2, 0.25) is 5.91 Å². The molecule has 0 unspecified atom stereocenters. The lowest BCUT2D eigenvalue weighted by Crippen LogP contribution is -2.23. The quantitative estimate of drug-likeness (QED) is 0.560. The number of thioether (sulfide) groups is 1. The third kappa shape index (κ3) is 7.58. The first-order valence-corrected chi connectivity index (χ1v) is 7.13. The smallest absolute Gasteiger partial charge is 0.244 e. The van der Waals surface area contributed by atoms with E-state index in [9.17, 15) is 9.18 Å². The van der Waals surface area contributed by atoms with Crippen LogP contribution in [-0.4, -0.2) is 40.7 Å². The summed E-state index contributed by atoms with van der Waals surface area (Å²) in [6.45, 7) is 0.768. The number of nitrogens with zero attached hydrogens (tertiary/aromatic N) is 1. The fourth-order valence-electron chi connectivity index (χ4n) is 1.27. The molecule has 0 aliphatic heterocycles. The molecule has 0 saturated carbocycles. The van der Waals surface area contributed by atoms with Crippen LogP contribution in [0.4, 0.5) is 4.39 Å². The van der Waals surface area contributed by atoms with E-state index in [0.717, 1.165) is 24.1 Å². The van der Waals surface area contributed by atoms with Crippen LogP contribution in [0.3, 0.4) is 0 Å². The number of hydrogen-bond acceptors (Lipinski definition) is 4. The third-order valence-electron chi connectivity index (χ3n) is 2.15. The number of aliphatic hydroxyl groups excluding tert-OH is 1. The summed E-state index contributed by atoms with van der Waals surface area (Å²) in [7, 11) is 0. The zero-order chi connectivity index (χ0) is 13.9. The summed E-state index contributed by atoms with van der Waals surface area (Å²) in [5.41, 5.74) is 0.549. The summed E-state index contributed by atoms with van der Waals surface area (Å²) in [6.07, 6.45) is 6.24. The Morgan fingerprint density at radius 1 is 1.47 bits per heavy atom. The van der Waals surface area contributed by atoms with Crippen LogP contribution in [0.2, 0.25) is 0 Å². The van der Waals surface area contributed by atoms with Crippen molar-refractivity contribution in [3.8, 4) is 0 Å². The SMILES string of the molecule is O=C(/C=C/c1cncc(F)c1)NCCSCCCO. The Labute approximate surface area is 116 Å². The number of rotatable bonds is 8. The highest BCUT2D eigenvalue weighted by atomic mass is 32.2. The van der Waals surface area contributed by atoms with Crippen molar-refractivity contribution < 1.29 is 14.3 Å². The molecule has 1 aromatic heterocycles. The second-order valence-corrected chi connectivity index (χ2v) is 4.98. The summed E-state index contributed by atoms with van der Waals surface area (Å²) in [4.78, 5) is 15.1. The van der Waals surface area contributed by atoms with Gasteiger partial charge in [-0.3, -0.25) is 9.78 Å². The molecule has 1 aromatic rings.